The van der Waals surface area contributed by atoms with E-state index in [-0.39, 0.29) is 6.04 Å². The maximum Gasteiger partial charge on any atom is 0.416 e. The first-order valence-electron chi connectivity index (χ1n) is 7.31. The lowest BCUT2D eigenvalue weighted by molar-refractivity contribution is -0.137. The Morgan fingerprint density at radius 3 is 2.55 bits per heavy atom. The monoisotopic (exact) mass is 283 g/mol. The summed E-state index contributed by atoms with van der Waals surface area (Å²) >= 11 is 0. The molecule has 2 aliphatic rings. The maximum absolute atomic E-state index is 12.7. The molecule has 0 bridgehead atoms. The molecule has 1 nitrogen and oxygen atoms in total. The van der Waals surface area contributed by atoms with E-state index in [2.05, 4.69) is 5.32 Å². The summed E-state index contributed by atoms with van der Waals surface area (Å²) in [6.45, 7) is 2.88. The lowest BCUT2D eigenvalue weighted by Gasteiger charge is -2.21. The molecule has 0 heterocycles. The molecule has 2 fully saturated rings. The zero-order valence-electron chi connectivity index (χ0n) is 11.6. The molecule has 2 aliphatic carbocycles. The van der Waals surface area contributed by atoms with Crippen LogP contribution in [0.4, 0.5) is 13.2 Å². The molecule has 4 heteroatoms. The smallest absolute Gasteiger partial charge is 0.310 e. The maximum atomic E-state index is 12.7. The number of rotatable bonds is 5. The van der Waals surface area contributed by atoms with Gasteiger partial charge in [-0.15, -0.1) is 0 Å². The number of hydrogen-bond acceptors (Lipinski definition) is 1. The minimum Gasteiger partial charge on any atom is -0.310 e. The van der Waals surface area contributed by atoms with E-state index in [1.807, 2.05) is 6.92 Å². The van der Waals surface area contributed by atoms with Crippen molar-refractivity contribution in [3.63, 3.8) is 0 Å². The van der Waals surface area contributed by atoms with Gasteiger partial charge in [-0.05, 0) is 61.6 Å². The predicted molar refractivity (Wildman–Crippen MR) is 72.3 cm³/mol. The van der Waals surface area contributed by atoms with Crippen molar-refractivity contribution in [2.45, 2.75) is 44.8 Å². The molecule has 1 aromatic rings. The molecule has 1 atom stereocenters. The van der Waals surface area contributed by atoms with Crippen molar-refractivity contribution in [1.82, 2.24) is 5.32 Å². The minimum atomic E-state index is -4.26. The second-order valence-electron chi connectivity index (χ2n) is 6.36. The van der Waals surface area contributed by atoms with E-state index in [9.17, 15) is 13.2 Å². The number of nitrogens with one attached hydrogen (secondary N) is 1. The number of benzene rings is 1. The van der Waals surface area contributed by atoms with Gasteiger partial charge in [0.2, 0.25) is 0 Å². The third kappa shape index (κ3) is 2.85. The lowest BCUT2D eigenvalue weighted by atomic mass is 9.99. The minimum absolute atomic E-state index is 0.0338. The van der Waals surface area contributed by atoms with E-state index in [0.717, 1.165) is 18.5 Å². The Morgan fingerprint density at radius 2 is 2.00 bits per heavy atom. The van der Waals surface area contributed by atoms with Crippen LogP contribution in [0, 0.1) is 11.3 Å². The molecule has 1 N–H and O–H groups in total. The van der Waals surface area contributed by atoms with Crippen molar-refractivity contribution in [3.8, 4) is 0 Å². The largest absolute Gasteiger partial charge is 0.416 e. The van der Waals surface area contributed by atoms with Gasteiger partial charge in [0.15, 0.2) is 0 Å². The first-order valence-corrected chi connectivity index (χ1v) is 7.31. The molecule has 3 rings (SSSR count). The molecule has 20 heavy (non-hydrogen) atoms. The first-order chi connectivity index (χ1) is 9.41. The van der Waals surface area contributed by atoms with Crippen LogP contribution in [0.3, 0.4) is 0 Å². The van der Waals surface area contributed by atoms with Crippen molar-refractivity contribution in [2.24, 2.45) is 11.3 Å². The standard InChI is InChI=1S/C16H20F3N/c1-11(20-10-15(7-8-15)13-5-6-13)12-3-2-4-14(9-12)16(17,18)19/h2-4,9,11,13,20H,5-8,10H2,1H3. The summed E-state index contributed by atoms with van der Waals surface area (Å²) in [5.41, 5.74) is 0.619. The van der Waals surface area contributed by atoms with Crippen LogP contribution in [0.15, 0.2) is 24.3 Å². The van der Waals surface area contributed by atoms with Crippen molar-refractivity contribution < 1.29 is 13.2 Å². The zero-order valence-corrected chi connectivity index (χ0v) is 11.6. The van der Waals surface area contributed by atoms with Crippen molar-refractivity contribution >= 4 is 0 Å². The molecule has 2 saturated carbocycles. The SMILES string of the molecule is CC(NCC1(C2CC2)CC1)c1cccc(C(F)(F)F)c1. The van der Waals surface area contributed by atoms with E-state index in [1.165, 1.54) is 37.8 Å². The Morgan fingerprint density at radius 1 is 1.30 bits per heavy atom. The number of alkyl halides is 3. The molecule has 0 amide bonds. The Bertz CT molecular complexity index is 487. The van der Waals surface area contributed by atoms with Crippen molar-refractivity contribution in [1.29, 1.82) is 0 Å². The molecule has 110 valence electrons. The Balaban J connectivity index is 1.63. The second-order valence-corrected chi connectivity index (χ2v) is 6.36. The quantitative estimate of drug-likeness (QED) is 0.836. The number of halogens is 3. The third-order valence-corrected chi connectivity index (χ3v) is 4.81. The zero-order chi connectivity index (χ0) is 14.4. The fraction of sp³-hybridized carbons (Fsp3) is 0.625. The second kappa shape index (κ2) is 4.76. The summed E-state index contributed by atoms with van der Waals surface area (Å²) in [6, 6.07) is 5.61. The summed E-state index contributed by atoms with van der Waals surface area (Å²) < 4.78 is 38.1. The molecule has 0 aromatic heterocycles. The van der Waals surface area contributed by atoms with E-state index in [1.54, 1.807) is 6.07 Å². The van der Waals surface area contributed by atoms with Gasteiger partial charge in [0.05, 0.1) is 5.56 Å². The van der Waals surface area contributed by atoms with Crippen LogP contribution in [-0.2, 0) is 6.18 Å². The molecular formula is C16H20F3N. The van der Waals surface area contributed by atoms with E-state index in [4.69, 9.17) is 0 Å². The molecule has 0 saturated heterocycles. The third-order valence-electron chi connectivity index (χ3n) is 4.81. The van der Waals surface area contributed by atoms with Crippen LogP contribution in [-0.4, -0.2) is 6.54 Å². The van der Waals surface area contributed by atoms with Gasteiger partial charge in [0, 0.05) is 12.6 Å². The summed E-state index contributed by atoms with van der Waals surface area (Å²) in [6.07, 6.45) is 0.959. The molecule has 0 spiro atoms. The van der Waals surface area contributed by atoms with Crippen LogP contribution >= 0.6 is 0 Å². The Labute approximate surface area is 117 Å². The van der Waals surface area contributed by atoms with Crippen LogP contribution in [0.5, 0.6) is 0 Å². The van der Waals surface area contributed by atoms with E-state index >= 15 is 0 Å². The van der Waals surface area contributed by atoms with Crippen LogP contribution in [0.2, 0.25) is 0 Å². The highest BCUT2D eigenvalue weighted by atomic mass is 19.4. The summed E-state index contributed by atoms with van der Waals surface area (Å²) in [7, 11) is 0. The molecule has 1 aromatic carbocycles. The van der Waals surface area contributed by atoms with Gasteiger partial charge in [0.1, 0.15) is 0 Å². The van der Waals surface area contributed by atoms with Gasteiger partial charge in [-0.1, -0.05) is 12.1 Å². The summed E-state index contributed by atoms with van der Waals surface area (Å²) in [4.78, 5) is 0. The fourth-order valence-corrected chi connectivity index (χ4v) is 3.04. The highest BCUT2D eigenvalue weighted by molar-refractivity contribution is 5.27. The molecule has 0 aliphatic heterocycles. The molecule has 0 radical (unpaired) electrons. The normalized spacial score (nSPS) is 22.6. The summed E-state index contributed by atoms with van der Waals surface area (Å²) in [5, 5.41) is 3.43. The van der Waals surface area contributed by atoms with Gasteiger partial charge >= 0.3 is 6.18 Å². The van der Waals surface area contributed by atoms with Crippen molar-refractivity contribution in [2.75, 3.05) is 6.54 Å². The first kappa shape index (κ1) is 13.9. The van der Waals surface area contributed by atoms with Crippen molar-refractivity contribution in [3.05, 3.63) is 35.4 Å². The van der Waals surface area contributed by atoms with Gasteiger partial charge in [0.25, 0.3) is 0 Å². The number of hydrogen-bond donors (Lipinski definition) is 1. The average Bonchev–Trinajstić information content (AvgIpc) is 3.27. The Kier molecular flexibility index (Phi) is 3.32. The topological polar surface area (TPSA) is 12.0 Å². The van der Waals surface area contributed by atoms with Gasteiger partial charge in [-0.2, -0.15) is 13.2 Å². The van der Waals surface area contributed by atoms with E-state index < -0.39 is 11.7 Å². The van der Waals surface area contributed by atoms with Crippen LogP contribution in [0.1, 0.15) is 49.8 Å². The average molecular weight is 283 g/mol. The molecule has 1 unspecified atom stereocenters. The van der Waals surface area contributed by atoms with Gasteiger partial charge in [-0.25, -0.2) is 0 Å². The lowest BCUT2D eigenvalue weighted by Crippen LogP contribution is -2.28. The van der Waals surface area contributed by atoms with E-state index in [0.29, 0.717) is 11.0 Å². The fourth-order valence-electron chi connectivity index (χ4n) is 3.04. The van der Waals surface area contributed by atoms with Gasteiger partial charge in [-0.3, -0.25) is 0 Å². The highest BCUT2D eigenvalue weighted by Gasteiger charge is 2.53. The predicted octanol–water partition coefficient (Wildman–Crippen LogP) is 4.55. The highest BCUT2D eigenvalue weighted by Crippen LogP contribution is 2.60. The Hall–Kier alpha value is -1.03. The summed E-state index contributed by atoms with van der Waals surface area (Å²) in [5.74, 6) is 0.865. The van der Waals surface area contributed by atoms with Gasteiger partial charge < -0.3 is 5.32 Å². The molecular weight excluding hydrogens is 263 g/mol. The van der Waals surface area contributed by atoms with Crippen LogP contribution in [0.25, 0.3) is 0 Å². The van der Waals surface area contributed by atoms with Crippen LogP contribution < -0.4 is 5.32 Å².